The van der Waals surface area contributed by atoms with Crippen molar-refractivity contribution in [3.05, 3.63) is 83.4 Å². The highest BCUT2D eigenvalue weighted by atomic mass is 32.2. The predicted molar refractivity (Wildman–Crippen MR) is 207 cm³/mol. The number of aryl methyl sites for hydroxylation is 2. The summed E-state index contributed by atoms with van der Waals surface area (Å²) >= 11 is 4.41. The summed E-state index contributed by atoms with van der Waals surface area (Å²) in [5, 5.41) is 13.9. The minimum atomic E-state index is -4.14. The summed E-state index contributed by atoms with van der Waals surface area (Å²) in [6.07, 6.45) is 2.79. The molecule has 1 heterocycles. The van der Waals surface area contributed by atoms with Gasteiger partial charge in [0.05, 0.1) is 20.0 Å². The predicted octanol–water partition coefficient (Wildman–Crippen LogP) is 2.01. The first kappa shape index (κ1) is 41.4. The van der Waals surface area contributed by atoms with Crippen LogP contribution in [0.2, 0.25) is 0 Å². The lowest BCUT2D eigenvalue weighted by molar-refractivity contribution is -0.123. The largest absolute Gasteiger partial charge is 0.493 e. The summed E-state index contributed by atoms with van der Waals surface area (Å²) in [5.74, 6) is -0.681. The number of benzene rings is 3. The second-order valence-corrected chi connectivity index (χ2v) is 15.6. The quantitative estimate of drug-likeness (QED) is 0.0590. The van der Waals surface area contributed by atoms with Crippen LogP contribution in [0.15, 0.2) is 66.7 Å². The first-order valence-corrected chi connectivity index (χ1v) is 19.8. The van der Waals surface area contributed by atoms with E-state index in [0.717, 1.165) is 30.4 Å². The van der Waals surface area contributed by atoms with Gasteiger partial charge in [0.1, 0.15) is 11.8 Å². The summed E-state index contributed by atoms with van der Waals surface area (Å²) in [6.45, 7) is -0.346. The van der Waals surface area contributed by atoms with E-state index in [0.29, 0.717) is 23.7 Å². The average molecular weight is 788 g/mol. The number of thiol groups is 1. The van der Waals surface area contributed by atoms with Crippen molar-refractivity contribution >= 4 is 68.1 Å². The van der Waals surface area contributed by atoms with Crippen LogP contribution in [-0.4, -0.2) is 100 Å². The van der Waals surface area contributed by atoms with Crippen LogP contribution < -0.4 is 34.6 Å². The fourth-order valence-corrected chi connectivity index (χ4v) is 7.41. The van der Waals surface area contributed by atoms with E-state index >= 15 is 0 Å². The fourth-order valence-electron chi connectivity index (χ4n) is 5.54. The molecular formula is C34H43BN5O10PS2. The van der Waals surface area contributed by atoms with Crippen molar-refractivity contribution < 1.29 is 46.8 Å². The zero-order chi connectivity index (χ0) is 38.4. The number of likely N-dealkylation sites (tertiary alicyclic amines) is 1. The number of rotatable bonds is 19. The Morgan fingerprint density at radius 1 is 0.981 bits per heavy atom. The van der Waals surface area contributed by atoms with Gasteiger partial charge in [-0.3, -0.25) is 19.2 Å². The Bertz CT molecular complexity index is 1870. The molecule has 0 aromatic heterocycles. The molecule has 0 aliphatic carbocycles. The molecule has 0 bridgehead atoms. The monoisotopic (exact) mass is 787 g/mol. The third kappa shape index (κ3) is 12.9. The molecule has 1 saturated heterocycles. The number of hydrogen-bond acceptors (Lipinski definition) is 12. The van der Waals surface area contributed by atoms with E-state index in [-0.39, 0.29) is 49.5 Å². The first-order chi connectivity index (χ1) is 25.4. The lowest BCUT2D eigenvalue weighted by Gasteiger charge is -2.23. The number of carbonyl (C=O) groups excluding carboxylic acids is 4. The molecule has 3 aromatic carbocycles. The molecule has 1 unspecified atom stereocenters. The number of methoxy groups -OCH3 is 2. The number of hydrogen-bond donors (Lipinski definition) is 6. The topological polar surface area (TPSA) is 202 Å². The molecule has 0 saturated carbocycles. The van der Waals surface area contributed by atoms with Crippen LogP contribution in [0.1, 0.15) is 34.3 Å². The maximum absolute atomic E-state index is 13.0. The molecule has 5 N–H and O–H groups in total. The van der Waals surface area contributed by atoms with Gasteiger partial charge in [-0.2, -0.15) is 12.6 Å². The number of nitrogens with one attached hydrogen (secondary N) is 4. The molecule has 0 radical (unpaired) electrons. The van der Waals surface area contributed by atoms with Gasteiger partial charge in [-0.05, 0) is 79.3 Å². The molecule has 1 aliphatic heterocycles. The zero-order valence-electron chi connectivity index (χ0n) is 29.3. The van der Waals surface area contributed by atoms with Gasteiger partial charge in [-0.25, -0.2) is 13.1 Å². The van der Waals surface area contributed by atoms with Gasteiger partial charge >= 0.3 is 7.62 Å². The van der Waals surface area contributed by atoms with Crippen LogP contribution in [0, 0.1) is 0 Å². The molecule has 1 fully saturated rings. The van der Waals surface area contributed by atoms with Gasteiger partial charge in [-0.1, -0.05) is 24.3 Å². The molecular weight excluding hydrogens is 744 g/mol. The standard InChI is InChI=1S/C34H43BN5O10PS2/c1-48-29-13-12-23(17-30(29)49-2)7-3-6-22-8-4-11-26(16-22)50-21-31(41)36-14-15-53(46,47)38-32(42)24-9-5-10-25(18-24)37-33(43)28-19-27(52)20-40(28)34(44)51-39-35-45/h4-5,8-13,16-18,27-28,35,39,45,51-52H,3,6-7,14-15,19-21H2,1-2H3,(H,36,41)(H,37,43)(H,38,42)/t27-,28-/m0/s1. The minimum Gasteiger partial charge on any atom is -0.493 e. The SMILES string of the molecule is COc1ccc(CCCc2cccc(OCC(=O)NCCS(=O)(=O)NC(=O)c3cccc(NC(=O)[C@@H]4C[C@H](S)CN4C(=O)PNBO)c3)c2)cc1OC. The van der Waals surface area contributed by atoms with Gasteiger partial charge < -0.3 is 39.8 Å². The Kier molecular flexibility index (Phi) is 15.8. The Morgan fingerprint density at radius 2 is 1.72 bits per heavy atom. The van der Waals surface area contributed by atoms with Crippen molar-refractivity contribution in [2.45, 2.75) is 37.0 Å². The third-order valence-corrected chi connectivity index (χ3v) is 10.5. The van der Waals surface area contributed by atoms with Crippen molar-refractivity contribution in [1.82, 2.24) is 19.9 Å². The fraction of sp³-hybridized carbons (Fsp3) is 0.353. The second-order valence-electron chi connectivity index (χ2n) is 12.0. The second kappa shape index (κ2) is 20.2. The molecule has 4 amide bonds. The number of carbonyl (C=O) groups is 4. The van der Waals surface area contributed by atoms with Crippen LogP contribution in [0.4, 0.5) is 10.5 Å². The van der Waals surface area contributed by atoms with Crippen molar-refractivity contribution in [3.8, 4) is 17.2 Å². The maximum atomic E-state index is 13.0. The van der Waals surface area contributed by atoms with Gasteiger partial charge in [0.2, 0.25) is 15.9 Å². The van der Waals surface area contributed by atoms with E-state index in [1.54, 1.807) is 20.3 Å². The average Bonchev–Trinajstić information content (AvgIpc) is 3.54. The molecule has 284 valence electrons. The van der Waals surface area contributed by atoms with Gasteiger partial charge in [0.15, 0.2) is 18.1 Å². The van der Waals surface area contributed by atoms with E-state index in [1.807, 2.05) is 41.1 Å². The van der Waals surface area contributed by atoms with Crippen LogP contribution in [0.25, 0.3) is 0 Å². The lowest BCUT2D eigenvalue weighted by Crippen LogP contribution is -2.42. The van der Waals surface area contributed by atoms with E-state index in [2.05, 4.69) is 28.3 Å². The Morgan fingerprint density at radius 3 is 2.45 bits per heavy atom. The van der Waals surface area contributed by atoms with E-state index in [1.165, 1.54) is 29.2 Å². The van der Waals surface area contributed by atoms with Crippen LogP contribution >= 0.6 is 21.4 Å². The van der Waals surface area contributed by atoms with Gasteiger partial charge in [0.25, 0.3) is 17.5 Å². The summed E-state index contributed by atoms with van der Waals surface area (Å²) in [7, 11) is -1.75. The highest BCUT2D eigenvalue weighted by Gasteiger charge is 2.38. The highest BCUT2D eigenvalue weighted by molar-refractivity contribution is 7.90. The van der Waals surface area contributed by atoms with Gasteiger partial charge in [-0.15, -0.1) is 0 Å². The van der Waals surface area contributed by atoms with Crippen molar-refractivity contribution in [1.29, 1.82) is 0 Å². The molecule has 4 rings (SSSR count). The highest BCUT2D eigenvalue weighted by Crippen LogP contribution is 2.29. The number of sulfonamides is 1. The number of anilines is 1. The van der Waals surface area contributed by atoms with Crippen LogP contribution in [0.5, 0.6) is 17.2 Å². The summed E-state index contributed by atoms with van der Waals surface area (Å²) < 4.78 is 43.5. The molecule has 3 aromatic rings. The summed E-state index contributed by atoms with van der Waals surface area (Å²) in [4.78, 5) is 54.7. The minimum absolute atomic E-state index is 0.0351. The Hall–Kier alpha value is -4.35. The Balaban J connectivity index is 1.19. The van der Waals surface area contributed by atoms with E-state index < -0.39 is 48.3 Å². The molecule has 53 heavy (non-hydrogen) atoms. The molecule has 1 aliphatic rings. The maximum Gasteiger partial charge on any atom is 0.361 e. The van der Waals surface area contributed by atoms with Gasteiger partial charge in [0, 0.05) is 38.3 Å². The smallest absolute Gasteiger partial charge is 0.361 e. The molecule has 19 heteroatoms. The molecule has 15 nitrogen and oxygen atoms in total. The van der Waals surface area contributed by atoms with E-state index in [9.17, 15) is 27.6 Å². The number of ether oxygens (including phenoxy) is 3. The van der Waals surface area contributed by atoms with Crippen molar-refractivity contribution in [3.63, 3.8) is 0 Å². The third-order valence-electron chi connectivity index (χ3n) is 8.10. The lowest BCUT2D eigenvalue weighted by atomic mass is 10.0. The number of amides is 4. The van der Waals surface area contributed by atoms with Crippen molar-refractivity contribution in [2.24, 2.45) is 0 Å². The van der Waals surface area contributed by atoms with Crippen molar-refractivity contribution in [2.75, 3.05) is 45.0 Å². The Labute approximate surface area is 316 Å². The van der Waals surface area contributed by atoms with Crippen LogP contribution in [0.3, 0.4) is 0 Å². The molecule has 3 atom stereocenters. The summed E-state index contributed by atoms with van der Waals surface area (Å²) in [6, 6.07) is 18.1. The van der Waals surface area contributed by atoms with Crippen LogP contribution in [-0.2, 0) is 32.5 Å². The zero-order valence-corrected chi connectivity index (χ0v) is 32.0. The number of nitrogens with zero attached hydrogens (tertiary/aromatic N) is 1. The molecule has 0 spiro atoms. The normalized spacial score (nSPS) is 15.5. The van der Waals surface area contributed by atoms with E-state index in [4.69, 9.17) is 19.2 Å². The summed E-state index contributed by atoms with van der Waals surface area (Å²) in [5.41, 5.74) is 1.99. The first-order valence-electron chi connectivity index (χ1n) is 16.6.